The minimum Gasteiger partial charge on any atom is -0.550 e. The van der Waals surface area contributed by atoms with Crippen LogP contribution < -0.4 is 20.7 Å². The van der Waals surface area contributed by atoms with Gasteiger partial charge in [-0.2, -0.15) is 0 Å². The zero-order valence-corrected chi connectivity index (χ0v) is 15.5. The summed E-state index contributed by atoms with van der Waals surface area (Å²) in [6.45, 7) is 3.37. The van der Waals surface area contributed by atoms with Gasteiger partial charge in [-0.05, 0) is 49.9 Å². The van der Waals surface area contributed by atoms with Crippen molar-refractivity contribution in [1.82, 2.24) is 10.9 Å². The van der Waals surface area contributed by atoms with Gasteiger partial charge >= 0.3 is 0 Å². The van der Waals surface area contributed by atoms with Gasteiger partial charge in [0.15, 0.2) is 6.61 Å². The summed E-state index contributed by atoms with van der Waals surface area (Å²) in [6, 6.07) is 3.43. The molecule has 1 aromatic carbocycles. The van der Waals surface area contributed by atoms with E-state index >= 15 is 0 Å². The lowest BCUT2D eigenvalue weighted by molar-refractivity contribution is -0.314. The van der Waals surface area contributed by atoms with E-state index in [9.17, 15) is 19.5 Å². The number of carboxylic acid groups (broad SMARTS) is 1. The molecular formula is C18H22ClN2O5-. The molecule has 0 unspecified atom stereocenters. The highest BCUT2D eigenvalue weighted by Gasteiger charge is 2.31. The number of carboxylic acids is 1. The van der Waals surface area contributed by atoms with Gasteiger partial charge in [-0.25, -0.2) is 0 Å². The molecule has 8 heteroatoms. The van der Waals surface area contributed by atoms with Gasteiger partial charge in [0.2, 0.25) is 5.91 Å². The van der Waals surface area contributed by atoms with Gasteiger partial charge < -0.3 is 14.6 Å². The van der Waals surface area contributed by atoms with Gasteiger partial charge in [-0.3, -0.25) is 20.4 Å². The third-order valence-electron chi connectivity index (χ3n) is 4.51. The second kappa shape index (κ2) is 8.89. The minimum atomic E-state index is -1.23. The fourth-order valence-corrected chi connectivity index (χ4v) is 3.23. The molecule has 0 saturated heterocycles. The summed E-state index contributed by atoms with van der Waals surface area (Å²) in [5.74, 6) is -3.33. The smallest absolute Gasteiger partial charge is 0.276 e. The molecule has 2 N–H and O–H groups in total. The summed E-state index contributed by atoms with van der Waals surface area (Å²) in [5.41, 5.74) is 6.19. The van der Waals surface area contributed by atoms with Crippen LogP contribution in [0.4, 0.5) is 0 Å². The minimum absolute atomic E-state index is 0.296. The van der Waals surface area contributed by atoms with Crippen molar-refractivity contribution in [1.29, 1.82) is 0 Å². The Morgan fingerprint density at radius 2 is 1.69 bits per heavy atom. The highest BCUT2D eigenvalue weighted by molar-refractivity contribution is 6.32. The third-order valence-corrected chi connectivity index (χ3v) is 5.11. The molecule has 2 rings (SSSR count). The Hall–Kier alpha value is -2.28. The van der Waals surface area contributed by atoms with E-state index in [0.29, 0.717) is 23.6 Å². The first-order valence-electron chi connectivity index (χ1n) is 8.48. The van der Waals surface area contributed by atoms with Crippen molar-refractivity contribution in [2.75, 3.05) is 6.61 Å². The van der Waals surface area contributed by atoms with Gasteiger partial charge in [0.05, 0.1) is 0 Å². The van der Waals surface area contributed by atoms with E-state index in [-0.39, 0.29) is 6.61 Å². The van der Waals surface area contributed by atoms with Crippen molar-refractivity contribution in [3.8, 4) is 5.75 Å². The van der Waals surface area contributed by atoms with E-state index in [1.54, 1.807) is 12.1 Å². The van der Waals surface area contributed by atoms with Crippen LogP contribution in [-0.2, 0) is 14.4 Å². The van der Waals surface area contributed by atoms with Crippen LogP contribution >= 0.6 is 11.6 Å². The highest BCUT2D eigenvalue weighted by atomic mass is 35.5. The van der Waals surface area contributed by atoms with Gasteiger partial charge in [0.1, 0.15) is 5.75 Å². The Kier molecular flexibility index (Phi) is 6.85. The summed E-state index contributed by atoms with van der Waals surface area (Å²) >= 11 is 6.08. The summed E-state index contributed by atoms with van der Waals surface area (Å²) in [7, 11) is 0. The maximum absolute atomic E-state index is 12.1. The van der Waals surface area contributed by atoms with Crippen molar-refractivity contribution in [3.63, 3.8) is 0 Å². The van der Waals surface area contributed by atoms with Crippen molar-refractivity contribution in [2.45, 2.75) is 39.5 Å². The van der Waals surface area contributed by atoms with E-state index in [4.69, 9.17) is 16.3 Å². The molecule has 0 heterocycles. The van der Waals surface area contributed by atoms with E-state index in [0.717, 1.165) is 24.0 Å². The Morgan fingerprint density at radius 3 is 2.27 bits per heavy atom. The SMILES string of the molecule is Cc1cc(OCC(=O)NNC(=O)[C@@H]2CCCC[C@H]2C(=O)[O-])cc(C)c1Cl. The average Bonchev–Trinajstić information content (AvgIpc) is 2.62. The van der Waals surface area contributed by atoms with Crippen LogP contribution in [0.5, 0.6) is 5.75 Å². The fraction of sp³-hybridized carbons (Fsp3) is 0.500. The van der Waals surface area contributed by atoms with Crippen LogP contribution in [0, 0.1) is 25.7 Å². The zero-order chi connectivity index (χ0) is 19.3. The molecule has 1 aromatic rings. The first-order valence-corrected chi connectivity index (χ1v) is 8.86. The van der Waals surface area contributed by atoms with Gasteiger partial charge in [0.25, 0.3) is 5.91 Å². The summed E-state index contributed by atoms with van der Waals surface area (Å²) in [4.78, 5) is 35.1. The number of halogens is 1. The zero-order valence-electron chi connectivity index (χ0n) is 14.8. The number of benzene rings is 1. The Labute approximate surface area is 157 Å². The number of hydrogen-bond acceptors (Lipinski definition) is 5. The number of hydrazine groups is 1. The molecule has 1 saturated carbocycles. The molecule has 0 aromatic heterocycles. The Bertz CT molecular complexity index is 684. The fourth-order valence-electron chi connectivity index (χ4n) is 3.13. The molecule has 26 heavy (non-hydrogen) atoms. The standard InChI is InChI=1S/C18H23ClN2O5/c1-10-7-12(8-11(2)16(10)19)26-9-15(22)20-21-17(23)13-5-3-4-6-14(13)18(24)25/h7-8,13-14H,3-6,9H2,1-2H3,(H,20,22)(H,21,23)(H,24,25)/p-1/t13-,14-/m1/s1. The molecule has 7 nitrogen and oxygen atoms in total. The highest BCUT2D eigenvalue weighted by Crippen LogP contribution is 2.29. The molecule has 1 aliphatic carbocycles. The van der Waals surface area contributed by atoms with Crippen molar-refractivity contribution in [3.05, 3.63) is 28.3 Å². The molecule has 0 aliphatic heterocycles. The van der Waals surface area contributed by atoms with Crippen molar-refractivity contribution in [2.24, 2.45) is 11.8 Å². The quantitative estimate of drug-likeness (QED) is 0.741. The third kappa shape index (κ3) is 5.11. The number of aryl methyl sites for hydroxylation is 2. The monoisotopic (exact) mass is 381 g/mol. The number of carbonyl (C=O) groups excluding carboxylic acids is 3. The van der Waals surface area contributed by atoms with Crippen LogP contribution in [0.1, 0.15) is 36.8 Å². The van der Waals surface area contributed by atoms with Crippen molar-refractivity contribution < 1.29 is 24.2 Å². The lowest BCUT2D eigenvalue weighted by atomic mass is 9.79. The maximum Gasteiger partial charge on any atom is 0.276 e. The first kappa shape index (κ1) is 20.0. The Balaban J connectivity index is 1.83. The van der Waals surface area contributed by atoms with E-state index < -0.39 is 29.6 Å². The number of nitrogens with one attached hydrogen (secondary N) is 2. The van der Waals surface area contributed by atoms with Crippen LogP contribution in [0.25, 0.3) is 0 Å². The number of ether oxygens (including phenoxy) is 1. The molecule has 0 bridgehead atoms. The number of rotatable bonds is 5. The first-order chi connectivity index (χ1) is 12.3. The topological polar surface area (TPSA) is 108 Å². The summed E-state index contributed by atoms with van der Waals surface area (Å²) < 4.78 is 5.40. The molecule has 2 amide bonds. The molecule has 0 spiro atoms. The molecule has 2 atom stereocenters. The predicted octanol–water partition coefficient (Wildman–Crippen LogP) is 1.04. The second-order valence-electron chi connectivity index (χ2n) is 6.51. The molecule has 1 aliphatic rings. The lowest BCUT2D eigenvalue weighted by Gasteiger charge is -2.31. The van der Waals surface area contributed by atoms with Crippen LogP contribution in [0.15, 0.2) is 12.1 Å². The lowest BCUT2D eigenvalue weighted by Crippen LogP contribution is -2.50. The van der Waals surface area contributed by atoms with Crippen LogP contribution in [-0.4, -0.2) is 24.4 Å². The largest absolute Gasteiger partial charge is 0.550 e. The molecule has 142 valence electrons. The van der Waals surface area contributed by atoms with Gasteiger partial charge in [0, 0.05) is 22.8 Å². The number of carbonyl (C=O) groups is 3. The maximum atomic E-state index is 12.1. The second-order valence-corrected chi connectivity index (χ2v) is 6.89. The van der Waals surface area contributed by atoms with E-state index in [2.05, 4.69) is 10.9 Å². The number of amides is 2. The van der Waals surface area contributed by atoms with Crippen LogP contribution in [0.2, 0.25) is 5.02 Å². The van der Waals surface area contributed by atoms with E-state index in [1.165, 1.54) is 0 Å². The Morgan fingerprint density at radius 1 is 1.12 bits per heavy atom. The van der Waals surface area contributed by atoms with E-state index in [1.807, 2.05) is 13.8 Å². The normalized spacial score (nSPS) is 19.5. The van der Waals surface area contributed by atoms with Crippen LogP contribution in [0.3, 0.4) is 0 Å². The number of aliphatic carboxylic acids is 1. The van der Waals surface area contributed by atoms with Gasteiger partial charge in [-0.15, -0.1) is 0 Å². The predicted molar refractivity (Wildman–Crippen MR) is 93.2 cm³/mol. The number of hydrogen-bond donors (Lipinski definition) is 2. The summed E-state index contributed by atoms with van der Waals surface area (Å²) in [5, 5.41) is 11.8. The molecule has 1 fully saturated rings. The molecule has 0 radical (unpaired) electrons. The molecular weight excluding hydrogens is 360 g/mol. The van der Waals surface area contributed by atoms with Crippen molar-refractivity contribution >= 4 is 29.4 Å². The summed E-state index contributed by atoms with van der Waals surface area (Å²) in [6.07, 6.45) is 2.39. The average molecular weight is 382 g/mol. The van der Waals surface area contributed by atoms with Gasteiger partial charge in [-0.1, -0.05) is 24.4 Å².